The van der Waals surface area contributed by atoms with E-state index in [1.165, 1.54) is 5.56 Å². The predicted octanol–water partition coefficient (Wildman–Crippen LogP) is 3.99. The molecule has 0 aliphatic carbocycles. The van der Waals surface area contributed by atoms with E-state index in [0.717, 1.165) is 23.1 Å². The lowest BCUT2D eigenvalue weighted by atomic mass is 9.88. The molecule has 5 rings (SSSR count). The summed E-state index contributed by atoms with van der Waals surface area (Å²) in [5.74, 6) is 1.26. The van der Waals surface area contributed by atoms with Gasteiger partial charge in [0.1, 0.15) is 0 Å². The topological polar surface area (TPSA) is 67.9 Å². The highest BCUT2D eigenvalue weighted by molar-refractivity contribution is 5.84. The number of carbonyl (C=O) groups excluding carboxylic acids is 2. The second kappa shape index (κ2) is 9.36. The summed E-state index contributed by atoms with van der Waals surface area (Å²) in [4.78, 5) is 27.6. The molecule has 2 aliphatic rings. The van der Waals surface area contributed by atoms with E-state index >= 15 is 0 Å². The highest BCUT2D eigenvalue weighted by Crippen LogP contribution is 2.35. The van der Waals surface area contributed by atoms with Gasteiger partial charge >= 0.3 is 0 Å². The van der Waals surface area contributed by atoms with Crippen LogP contribution >= 0.6 is 0 Å². The Hall–Kier alpha value is -3.80. The van der Waals surface area contributed by atoms with E-state index in [9.17, 15) is 9.59 Å². The number of benzene rings is 3. The van der Waals surface area contributed by atoms with Gasteiger partial charge in [-0.15, -0.1) is 0 Å². The zero-order valence-electron chi connectivity index (χ0n) is 18.3. The zero-order valence-corrected chi connectivity index (χ0v) is 18.3. The quantitative estimate of drug-likeness (QED) is 0.627. The molecule has 0 saturated heterocycles. The van der Waals surface area contributed by atoms with Crippen molar-refractivity contribution in [3.05, 3.63) is 95.1 Å². The van der Waals surface area contributed by atoms with Crippen LogP contribution in [0.2, 0.25) is 0 Å². The predicted molar refractivity (Wildman–Crippen MR) is 124 cm³/mol. The Balaban J connectivity index is 1.22. The molecule has 1 N–H and O–H groups in total. The van der Waals surface area contributed by atoms with Crippen LogP contribution in [0, 0.1) is 0 Å². The van der Waals surface area contributed by atoms with Crippen LogP contribution in [-0.4, -0.2) is 30.1 Å². The molecule has 0 radical (unpaired) electrons. The standard InChI is InChI=1S/C27H26N2O4/c30-25(28-17-19-10-11-23-24(16-19)33-18-32-23)12-13-26(31)29-15-14-20-6-4-5-9-22(20)27(29)21-7-2-1-3-8-21/h1-11,16,27H,12-15,17-18H2,(H,28,30)/t27-/m1/s1. The van der Waals surface area contributed by atoms with Gasteiger partial charge in [-0.05, 0) is 40.8 Å². The van der Waals surface area contributed by atoms with Crippen LogP contribution < -0.4 is 14.8 Å². The number of rotatable bonds is 6. The molecule has 3 aromatic rings. The number of ether oxygens (including phenoxy) is 2. The van der Waals surface area contributed by atoms with Crippen LogP contribution in [0.25, 0.3) is 0 Å². The van der Waals surface area contributed by atoms with Crippen LogP contribution in [0.4, 0.5) is 0 Å². The van der Waals surface area contributed by atoms with Crippen molar-refractivity contribution >= 4 is 11.8 Å². The number of fused-ring (bicyclic) bond motifs is 2. The fourth-order valence-corrected chi connectivity index (χ4v) is 4.53. The van der Waals surface area contributed by atoms with E-state index in [2.05, 4.69) is 29.6 Å². The zero-order chi connectivity index (χ0) is 22.6. The Bertz CT molecular complexity index is 1160. The van der Waals surface area contributed by atoms with Gasteiger partial charge in [0.15, 0.2) is 11.5 Å². The van der Waals surface area contributed by atoms with Crippen molar-refractivity contribution in [2.45, 2.75) is 31.8 Å². The van der Waals surface area contributed by atoms with Gasteiger partial charge in [-0.2, -0.15) is 0 Å². The van der Waals surface area contributed by atoms with Gasteiger partial charge in [0.25, 0.3) is 0 Å². The average molecular weight is 443 g/mol. The molecule has 1 atom stereocenters. The first-order valence-electron chi connectivity index (χ1n) is 11.3. The number of carbonyl (C=O) groups is 2. The summed E-state index contributed by atoms with van der Waals surface area (Å²) in [6.45, 7) is 1.25. The number of hydrogen-bond acceptors (Lipinski definition) is 4. The lowest BCUT2D eigenvalue weighted by Gasteiger charge is -2.38. The molecule has 0 fully saturated rings. The van der Waals surface area contributed by atoms with E-state index in [-0.39, 0.29) is 37.5 Å². The van der Waals surface area contributed by atoms with Crippen LogP contribution in [0.5, 0.6) is 11.5 Å². The Labute approximate surface area is 193 Å². The van der Waals surface area contributed by atoms with Gasteiger partial charge in [-0.3, -0.25) is 9.59 Å². The summed E-state index contributed by atoms with van der Waals surface area (Å²) in [6.07, 6.45) is 1.16. The molecule has 0 bridgehead atoms. The average Bonchev–Trinajstić information content (AvgIpc) is 3.34. The van der Waals surface area contributed by atoms with Gasteiger partial charge in [0.05, 0.1) is 6.04 Å². The molecule has 6 heteroatoms. The van der Waals surface area contributed by atoms with Crippen molar-refractivity contribution in [2.24, 2.45) is 0 Å². The first-order valence-corrected chi connectivity index (χ1v) is 11.3. The summed E-state index contributed by atoms with van der Waals surface area (Å²) in [5, 5.41) is 2.90. The number of nitrogens with zero attached hydrogens (tertiary/aromatic N) is 1. The maximum atomic E-state index is 13.2. The Kier molecular flexibility index (Phi) is 5.98. The minimum atomic E-state index is -0.144. The fraction of sp³-hybridized carbons (Fsp3) is 0.259. The molecule has 0 aromatic heterocycles. The smallest absolute Gasteiger partial charge is 0.231 e. The van der Waals surface area contributed by atoms with Crippen LogP contribution in [0.3, 0.4) is 0 Å². The van der Waals surface area contributed by atoms with E-state index in [1.807, 2.05) is 53.4 Å². The first-order chi connectivity index (χ1) is 16.2. The number of hydrogen-bond donors (Lipinski definition) is 1. The van der Waals surface area contributed by atoms with Gasteiger partial charge in [-0.1, -0.05) is 60.7 Å². The second-order valence-corrected chi connectivity index (χ2v) is 8.31. The molecule has 0 saturated carbocycles. The summed E-state index contributed by atoms with van der Waals surface area (Å²) in [6, 6.07) is 23.9. The van der Waals surface area contributed by atoms with E-state index in [4.69, 9.17) is 9.47 Å². The number of nitrogens with one attached hydrogen (secondary N) is 1. The monoisotopic (exact) mass is 442 g/mol. The molecule has 0 spiro atoms. The lowest BCUT2D eigenvalue weighted by molar-refractivity contribution is -0.135. The largest absolute Gasteiger partial charge is 0.454 e. The highest BCUT2D eigenvalue weighted by atomic mass is 16.7. The highest BCUT2D eigenvalue weighted by Gasteiger charge is 2.31. The molecular formula is C27H26N2O4. The molecule has 2 amide bonds. The van der Waals surface area contributed by atoms with Crippen molar-refractivity contribution in [3.8, 4) is 11.5 Å². The van der Waals surface area contributed by atoms with Gasteiger partial charge in [0, 0.05) is 25.9 Å². The van der Waals surface area contributed by atoms with E-state index < -0.39 is 0 Å². The maximum Gasteiger partial charge on any atom is 0.231 e. The third-order valence-corrected chi connectivity index (χ3v) is 6.21. The molecule has 2 aliphatic heterocycles. The van der Waals surface area contributed by atoms with Gasteiger partial charge in [-0.25, -0.2) is 0 Å². The first kappa shape index (κ1) is 21.1. The Morgan fingerprint density at radius 3 is 2.58 bits per heavy atom. The summed E-state index contributed by atoms with van der Waals surface area (Å²) in [5.41, 5.74) is 4.45. The molecule has 0 unspecified atom stereocenters. The second-order valence-electron chi connectivity index (χ2n) is 8.31. The van der Waals surface area contributed by atoms with Crippen molar-refractivity contribution in [1.29, 1.82) is 0 Å². The molecule has 6 nitrogen and oxygen atoms in total. The van der Waals surface area contributed by atoms with Gasteiger partial charge < -0.3 is 19.7 Å². The van der Waals surface area contributed by atoms with Crippen LogP contribution in [0.1, 0.15) is 41.1 Å². The Morgan fingerprint density at radius 1 is 0.909 bits per heavy atom. The molecule has 168 valence electrons. The van der Waals surface area contributed by atoms with Crippen LogP contribution in [0.15, 0.2) is 72.8 Å². The van der Waals surface area contributed by atoms with E-state index in [1.54, 1.807) is 0 Å². The third-order valence-electron chi connectivity index (χ3n) is 6.21. The van der Waals surface area contributed by atoms with Crippen molar-refractivity contribution < 1.29 is 19.1 Å². The van der Waals surface area contributed by atoms with Crippen molar-refractivity contribution in [1.82, 2.24) is 10.2 Å². The van der Waals surface area contributed by atoms with Crippen molar-refractivity contribution in [2.75, 3.05) is 13.3 Å². The van der Waals surface area contributed by atoms with E-state index in [0.29, 0.717) is 24.6 Å². The Morgan fingerprint density at radius 2 is 1.70 bits per heavy atom. The van der Waals surface area contributed by atoms with Gasteiger partial charge in [0.2, 0.25) is 18.6 Å². The minimum Gasteiger partial charge on any atom is -0.454 e. The normalized spacial score (nSPS) is 16.2. The maximum absolute atomic E-state index is 13.2. The minimum absolute atomic E-state index is 0.00316. The summed E-state index contributed by atoms with van der Waals surface area (Å²) >= 11 is 0. The summed E-state index contributed by atoms with van der Waals surface area (Å²) < 4.78 is 10.7. The molecular weight excluding hydrogens is 416 g/mol. The number of amides is 2. The molecule has 2 heterocycles. The lowest BCUT2D eigenvalue weighted by Crippen LogP contribution is -2.41. The SMILES string of the molecule is O=C(CCC(=O)N1CCc2ccccc2[C@H]1c1ccccc1)NCc1ccc2c(c1)OCO2. The summed E-state index contributed by atoms with van der Waals surface area (Å²) in [7, 11) is 0. The third kappa shape index (κ3) is 4.55. The van der Waals surface area contributed by atoms with Crippen LogP contribution in [-0.2, 0) is 22.6 Å². The molecule has 3 aromatic carbocycles. The fourth-order valence-electron chi connectivity index (χ4n) is 4.53. The van der Waals surface area contributed by atoms with Crippen molar-refractivity contribution in [3.63, 3.8) is 0 Å². The molecule has 33 heavy (non-hydrogen) atoms.